The molecule has 2 N–H and O–H groups in total. The lowest BCUT2D eigenvalue weighted by Crippen LogP contribution is -2.04. The number of halogens is 1. The van der Waals surface area contributed by atoms with Crippen LogP contribution >= 0.6 is 22.9 Å². The van der Waals surface area contributed by atoms with Gasteiger partial charge in [-0.1, -0.05) is 23.7 Å². The average molecular weight is 262 g/mol. The van der Waals surface area contributed by atoms with Crippen molar-refractivity contribution in [2.24, 2.45) is 0 Å². The second kappa shape index (κ2) is 3.72. The first-order valence-electron chi connectivity index (χ1n) is 5.08. The van der Waals surface area contributed by atoms with Gasteiger partial charge in [0.1, 0.15) is 0 Å². The van der Waals surface area contributed by atoms with Gasteiger partial charge in [0.25, 0.3) is 0 Å². The monoisotopic (exact) mass is 261 g/mol. The SMILES string of the molecule is Nc1ccc(Cl)c2sc3ccccc3c(=O)c12. The molecule has 2 nitrogen and oxygen atoms in total. The minimum absolute atomic E-state index is 0.0469. The maximum Gasteiger partial charge on any atom is 0.198 e. The van der Waals surface area contributed by atoms with Crippen molar-refractivity contribution in [1.82, 2.24) is 0 Å². The van der Waals surface area contributed by atoms with Gasteiger partial charge in [-0.15, -0.1) is 11.3 Å². The summed E-state index contributed by atoms with van der Waals surface area (Å²) in [6.45, 7) is 0. The number of anilines is 1. The minimum Gasteiger partial charge on any atom is -0.398 e. The Balaban J connectivity index is 2.69. The topological polar surface area (TPSA) is 43.1 Å². The molecular formula is C13H8ClNOS. The van der Waals surface area contributed by atoms with Gasteiger partial charge in [-0.2, -0.15) is 0 Å². The van der Waals surface area contributed by atoms with Crippen LogP contribution in [0.5, 0.6) is 0 Å². The molecule has 4 heteroatoms. The fourth-order valence-corrected chi connectivity index (χ4v) is 3.28. The number of fused-ring (bicyclic) bond motifs is 2. The molecule has 0 aliphatic carbocycles. The van der Waals surface area contributed by atoms with E-state index in [0.29, 0.717) is 21.5 Å². The summed E-state index contributed by atoms with van der Waals surface area (Å²) < 4.78 is 1.69. The van der Waals surface area contributed by atoms with E-state index in [-0.39, 0.29) is 5.43 Å². The fraction of sp³-hybridized carbons (Fsp3) is 0. The largest absolute Gasteiger partial charge is 0.398 e. The summed E-state index contributed by atoms with van der Waals surface area (Å²) in [6.07, 6.45) is 0. The summed E-state index contributed by atoms with van der Waals surface area (Å²) in [6, 6.07) is 10.9. The van der Waals surface area contributed by atoms with E-state index in [2.05, 4.69) is 0 Å². The molecule has 0 radical (unpaired) electrons. The Bertz CT molecular complexity index is 794. The Morgan fingerprint density at radius 3 is 2.71 bits per heavy atom. The summed E-state index contributed by atoms with van der Waals surface area (Å²) in [5.41, 5.74) is 6.30. The molecule has 3 aromatic rings. The van der Waals surface area contributed by atoms with Crippen LogP contribution in [-0.4, -0.2) is 0 Å². The number of hydrogen-bond donors (Lipinski definition) is 1. The zero-order valence-electron chi connectivity index (χ0n) is 8.74. The number of nitrogen functional groups attached to an aromatic ring is 1. The third-order valence-electron chi connectivity index (χ3n) is 2.71. The lowest BCUT2D eigenvalue weighted by molar-refractivity contribution is 1.73. The molecule has 84 valence electrons. The van der Waals surface area contributed by atoms with E-state index in [0.717, 1.165) is 9.40 Å². The normalized spacial score (nSPS) is 11.1. The first-order chi connectivity index (χ1) is 8.18. The van der Waals surface area contributed by atoms with E-state index in [9.17, 15) is 4.79 Å². The third-order valence-corrected chi connectivity index (χ3v) is 4.34. The molecule has 0 atom stereocenters. The summed E-state index contributed by atoms with van der Waals surface area (Å²) in [5.74, 6) is 0. The number of hydrogen-bond acceptors (Lipinski definition) is 3. The molecule has 0 aliphatic rings. The zero-order chi connectivity index (χ0) is 12.0. The predicted octanol–water partition coefficient (Wildman–Crippen LogP) is 3.65. The summed E-state index contributed by atoms with van der Waals surface area (Å²) in [7, 11) is 0. The second-order valence-electron chi connectivity index (χ2n) is 3.77. The zero-order valence-corrected chi connectivity index (χ0v) is 10.3. The van der Waals surface area contributed by atoms with Crippen LogP contribution in [0.25, 0.3) is 20.2 Å². The van der Waals surface area contributed by atoms with Crippen LogP contribution < -0.4 is 11.2 Å². The molecule has 0 amide bonds. The lowest BCUT2D eigenvalue weighted by atomic mass is 10.1. The molecule has 1 heterocycles. The van der Waals surface area contributed by atoms with E-state index in [1.54, 1.807) is 12.1 Å². The van der Waals surface area contributed by atoms with E-state index >= 15 is 0 Å². The van der Waals surface area contributed by atoms with Crippen molar-refractivity contribution in [3.8, 4) is 0 Å². The van der Waals surface area contributed by atoms with Gasteiger partial charge >= 0.3 is 0 Å². The first-order valence-corrected chi connectivity index (χ1v) is 6.27. The Hall–Kier alpha value is -1.58. The highest BCUT2D eigenvalue weighted by Crippen LogP contribution is 2.32. The molecule has 0 unspecified atom stereocenters. The number of benzene rings is 2. The molecule has 2 aromatic carbocycles. The lowest BCUT2D eigenvalue weighted by Gasteiger charge is -2.04. The summed E-state index contributed by atoms with van der Waals surface area (Å²) in [5, 5.41) is 1.79. The molecule has 0 bridgehead atoms. The standard InChI is InChI=1S/C13H8ClNOS/c14-8-5-6-9(15)11-12(16)7-3-1-2-4-10(7)17-13(8)11/h1-6H,15H2. The van der Waals surface area contributed by atoms with E-state index < -0.39 is 0 Å². The Labute approximate surface area is 106 Å². The van der Waals surface area contributed by atoms with Gasteiger partial charge in [-0.25, -0.2) is 0 Å². The Morgan fingerprint density at radius 1 is 1.12 bits per heavy atom. The van der Waals surface area contributed by atoms with Gasteiger partial charge in [0.05, 0.1) is 15.1 Å². The van der Waals surface area contributed by atoms with Crippen molar-refractivity contribution >= 4 is 48.8 Å². The number of nitrogens with two attached hydrogens (primary N) is 1. The highest BCUT2D eigenvalue weighted by atomic mass is 35.5. The van der Waals surface area contributed by atoms with Crippen molar-refractivity contribution in [1.29, 1.82) is 0 Å². The molecular weight excluding hydrogens is 254 g/mol. The number of rotatable bonds is 0. The first kappa shape index (κ1) is 10.6. The van der Waals surface area contributed by atoms with Crippen molar-refractivity contribution in [3.63, 3.8) is 0 Å². The maximum absolute atomic E-state index is 12.3. The molecule has 0 saturated carbocycles. The molecule has 3 rings (SSSR count). The second-order valence-corrected chi connectivity index (χ2v) is 5.23. The molecule has 0 spiro atoms. The third kappa shape index (κ3) is 1.51. The highest BCUT2D eigenvalue weighted by molar-refractivity contribution is 7.25. The van der Waals surface area contributed by atoms with E-state index in [1.165, 1.54) is 11.3 Å². The quantitative estimate of drug-likeness (QED) is 0.496. The molecule has 0 aliphatic heterocycles. The highest BCUT2D eigenvalue weighted by Gasteiger charge is 2.10. The maximum atomic E-state index is 12.3. The molecule has 1 aromatic heterocycles. The summed E-state index contributed by atoms with van der Waals surface area (Å²) in [4.78, 5) is 12.3. The van der Waals surface area contributed by atoms with Crippen molar-refractivity contribution in [2.45, 2.75) is 0 Å². The summed E-state index contributed by atoms with van der Waals surface area (Å²) >= 11 is 7.61. The smallest absolute Gasteiger partial charge is 0.198 e. The molecule has 0 saturated heterocycles. The van der Waals surface area contributed by atoms with Gasteiger partial charge in [0.2, 0.25) is 0 Å². The van der Waals surface area contributed by atoms with Gasteiger partial charge in [-0.3, -0.25) is 4.79 Å². The van der Waals surface area contributed by atoms with Crippen LogP contribution in [0.2, 0.25) is 5.02 Å². The van der Waals surface area contributed by atoms with Crippen LogP contribution in [0.3, 0.4) is 0 Å². The van der Waals surface area contributed by atoms with Gasteiger partial charge in [0.15, 0.2) is 5.43 Å². The van der Waals surface area contributed by atoms with Crippen molar-refractivity contribution in [2.75, 3.05) is 5.73 Å². The van der Waals surface area contributed by atoms with Crippen LogP contribution in [-0.2, 0) is 0 Å². The predicted molar refractivity (Wildman–Crippen MR) is 75.0 cm³/mol. The van der Waals surface area contributed by atoms with Crippen LogP contribution in [0.1, 0.15) is 0 Å². The van der Waals surface area contributed by atoms with E-state index in [1.807, 2.05) is 24.3 Å². The van der Waals surface area contributed by atoms with Gasteiger partial charge < -0.3 is 5.73 Å². The fourth-order valence-electron chi connectivity index (χ4n) is 1.89. The van der Waals surface area contributed by atoms with Gasteiger partial charge in [0, 0.05) is 15.8 Å². The Kier molecular flexibility index (Phi) is 2.31. The van der Waals surface area contributed by atoms with Crippen molar-refractivity contribution in [3.05, 3.63) is 51.6 Å². The van der Waals surface area contributed by atoms with Crippen LogP contribution in [0.15, 0.2) is 41.2 Å². The van der Waals surface area contributed by atoms with Crippen LogP contribution in [0.4, 0.5) is 5.69 Å². The average Bonchev–Trinajstić information content (AvgIpc) is 2.34. The van der Waals surface area contributed by atoms with Crippen LogP contribution in [0, 0.1) is 0 Å². The van der Waals surface area contributed by atoms with Gasteiger partial charge in [-0.05, 0) is 24.3 Å². The van der Waals surface area contributed by atoms with Crippen molar-refractivity contribution < 1.29 is 0 Å². The minimum atomic E-state index is -0.0469. The molecule has 17 heavy (non-hydrogen) atoms. The van der Waals surface area contributed by atoms with E-state index in [4.69, 9.17) is 17.3 Å². The Morgan fingerprint density at radius 2 is 1.88 bits per heavy atom. The molecule has 0 fully saturated rings.